The molecule has 0 aliphatic carbocycles. The summed E-state index contributed by atoms with van der Waals surface area (Å²) in [6.07, 6.45) is -0.545. The van der Waals surface area contributed by atoms with E-state index >= 15 is 0 Å². The van der Waals surface area contributed by atoms with Crippen LogP contribution in [-0.4, -0.2) is 81.2 Å². The van der Waals surface area contributed by atoms with Gasteiger partial charge in [0, 0.05) is 32.7 Å². The molecule has 0 saturated heterocycles. The van der Waals surface area contributed by atoms with Gasteiger partial charge in [0.2, 0.25) is 15.9 Å². The molecule has 2 aromatic rings. The van der Waals surface area contributed by atoms with Crippen molar-refractivity contribution in [1.82, 2.24) is 9.21 Å². The van der Waals surface area contributed by atoms with Crippen molar-refractivity contribution in [3.63, 3.8) is 0 Å². The molecule has 0 spiro atoms. The SMILES string of the molecule is COCC(=O)N(C)C[C@H]1Oc2cc(-c3cccc(F)c3)ccc2S(=O)(=O)N([C@@H](C)CO)C[C@@H]1C. The second-order valence-electron chi connectivity index (χ2n) is 8.62. The lowest BCUT2D eigenvalue weighted by Crippen LogP contribution is -2.50. The molecular formula is C24H31FN2O6S. The van der Waals surface area contributed by atoms with Crippen LogP contribution in [0.15, 0.2) is 47.4 Å². The van der Waals surface area contributed by atoms with E-state index in [0.29, 0.717) is 11.1 Å². The average Bonchev–Trinajstić information content (AvgIpc) is 2.80. The number of nitrogens with zero attached hydrogens (tertiary/aromatic N) is 2. The highest BCUT2D eigenvalue weighted by molar-refractivity contribution is 7.89. The first-order valence-corrected chi connectivity index (χ1v) is 12.4. The average molecular weight is 495 g/mol. The molecule has 186 valence electrons. The molecule has 0 saturated carbocycles. The van der Waals surface area contributed by atoms with Crippen LogP contribution in [0.25, 0.3) is 11.1 Å². The minimum Gasteiger partial charge on any atom is -0.487 e. The Kier molecular flexibility index (Phi) is 8.29. The summed E-state index contributed by atoms with van der Waals surface area (Å²) >= 11 is 0. The van der Waals surface area contributed by atoms with Gasteiger partial charge in [0.15, 0.2) is 0 Å². The normalized spacial score (nSPS) is 21.0. The predicted molar refractivity (Wildman–Crippen MR) is 125 cm³/mol. The maximum atomic E-state index is 13.8. The van der Waals surface area contributed by atoms with Crippen molar-refractivity contribution in [3.05, 3.63) is 48.3 Å². The molecule has 2 aromatic carbocycles. The van der Waals surface area contributed by atoms with E-state index in [-0.39, 0.29) is 48.8 Å². The lowest BCUT2D eigenvalue weighted by Gasteiger charge is -2.37. The fraction of sp³-hybridized carbons (Fsp3) is 0.458. The van der Waals surface area contributed by atoms with E-state index in [9.17, 15) is 22.7 Å². The van der Waals surface area contributed by atoms with Gasteiger partial charge in [-0.1, -0.05) is 25.1 Å². The Bertz CT molecular complexity index is 1130. The van der Waals surface area contributed by atoms with E-state index in [1.54, 1.807) is 38.2 Å². The maximum absolute atomic E-state index is 13.8. The van der Waals surface area contributed by atoms with Crippen LogP contribution >= 0.6 is 0 Å². The Balaban J connectivity index is 2.09. The van der Waals surface area contributed by atoms with Gasteiger partial charge in [0.1, 0.15) is 29.2 Å². The van der Waals surface area contributed by atoms with Crippen molar-refractivity contribution < 1.29 is 32.2 Å². The molecule has 8 nitrogen and oxygen atoms in total. The van der Waals surface area contributed by atoms with Gasteiger partial charge in [0.05, 0.1) is 13.2 Å². The number of ether oxygens (including phenoxy) is 2. The van der Waals surface area contributed by atoms with Crippen molar-refractivity contribution in [2.24, 2.45) is 5.92 Å². The Morgan fingerprint density at radius 1 is 1.29 bits per heavy atom. The number of amides is 1. The Morgan fingerprint density at radius 2 is 2.00 bits per heavy atom. The largest absolute Gasteiger partial charge is 0.487 e. The first-order valence-electron chi connectivity index (χ1n) is 11.0. The minimum atomic E-state index is -4.00. The zero-order chi connectivity index (χ0) is 25.0. The van der Waals surface area contributed by atoms with E-state index in [1.165, 1.54) is 34.5 Å². The standard InChI is InChI=1S/C24H31FN2O6S/c1-16-12-27(17(2)14-28)34(30,31)23-9-8-19(18-6-5-7-20(25)10-18)11-21(23)33-22(16)13-26(3)24(29)15-32-4/h5-11,16-17,22,28H,12-15H2,1-4H3/t16-,17-,22+/m0/s1. The molecule has 10 heteroatoms. The summed E-state index contributed by atoms with van der Waals surface area (Å²) < 4.78 is 53.3. The molecule has 0 radical (unpaired) electrons. The molecule has 1 aliphatic rings. The number of fused-ring (bicyclic) bond motifs is 1. The zero-order valence-electron chi connectivity index (χ0n) is 19.8. The minimum absolute atomic E-state index is 0.0456. The van der Waals surface area contributed by atoms with Gasteiger partial charge < -0.3 is 19.5 Å². The van der Waals surface area contributed by atoms with Crippen molar-refractivity contribution >= 4 is 15.9 Å². The van der Waals surface area contributed by atoms with Crippen LogP contribution in [0.1, 0.15) is 13.8 Å². The van der Waals surface area contributed by atoms with Crippen LogP contribution in [0.3, 0.4) is 0 Å². The highest BCUT2D eigenvalue weighted by Crippen LogP contribution is 2.36. The van der Waals surface area contributed by atoms with Crippen molar-refractivity contribution in [2.75, 3.05) is 40.5 Å². The lowest BCUT2D eigenvalue weighted by atomic mass is 10.0. The van der Waals surface area contributed by atoms with Crippen molar-refractivity contribution in [1.29, 1.82) is 0 Å². The van der Waals surface area contributed by atoms with Crippen molar-refractivity contribution in [3.8, 4) is 16.9 Å². The number of hydrogen-bond donors (Lipinski definition) is 1. The predicted octanol–water partition coefficient (Wildman–Crippen LogP) is 2.37. The number of benzene rings is 2. The quantitative estimate of drug-likeness (QED) is 0.635. The highest BCUT2D eigenvalue weighted by atomic mass is 32.2. The number of sulfonamides is 1. The van der Waals surface area contributed by atoms with Gasteiger partial charge in [-0.25, -0.2) is 12.8 Å². The topological polar surface area (TPSA) is 96.4 Å². The molecule has 0 fully saturated rings. The zero-order valence-corrected chi connectivity index (χ0v) is 20.6. The highest BCUT2D eigenvalue weighted by Gasteiger charge is 2.38. The van der Waals surface area contributed by atoms with Gasteiger partial charge in [-0.2, -0.15) is 4.31 Å². The Labute approximate surface area is 199 Å². The summed E-state index contributed by atoms with van der Waals surface area (Å²) in [5.41, 5.74) is 1.16. The van der Waals surface area contributed by atoms with E-state index in [0.717, 1.165) is 0 Å². The summed E-state index contributed by atoms with van der Waals surface area (Å²) in [5, 5.41) is 9.74. The lowest BCUT2D eigenvalue weighted by molar-refractivity contribution is -0.135. The summed E-state index contributed by atoms with van der Waals surface area (Å²) in [5.74, 6) is -0.846. The number of carbonyl (C=O) groups is 1. The monoisotopic (exact) mass is 494 g/mol. The Hall–Kier alpha value is -2.53. The summed E-state index contributed by atoms with van der Waals surface area (Å²) in [4.78, 5) is 13.7. The summed E-state index contributed by atoms with van der Waals surface area (Å²) in [7, 11) is -0.933. The first kappa shape index (κ1) is 26.1. The Morgan fingerprint density at radius 3 is 2.65 bits per heavy atom. The second kappa shape index (κ2) is 10.8. The van der Waals surface area contributed by atoms with Crippen molar-refractivity contribution in [2.45, 2.75) is 30.9 Å². The van der Waals surface area contributed by atoms with Gasteiger partial charge in [-0.05, 0) is 42.3 Å². The van der Waals surface area contributed by atoms with Crippen LogP contribution in [-0.2, 0) is 19.6 Å². The molecule has 3 rings (SSSR count). The molecule has 1 heterocycles. The fourth-order valence-corrected chi connectivity index (χ4v) is 5.72. The molecule has 1 N–H and O–H groups in total. The number of aliphatic hydroxyl groups excluding tert-OH is 1. The number of carbonyl (C=O) groups excluding carboxylic acids is 1. The van der Waals surface area contributed by atoms with Gasteiger partial charge in [-0.3, -0.25) is 4.79 Å². The third-order valence-corrected chi connectivity index (χ3v) is 7.99. The van der Waals surface area contributed by atoms with Crippen LogP contribution < -0.4 is 4.74 Å². The number of rotatable bonds is 7. The first-order chi connectivity index (χ1) is 16.1. The van der Waals surface area contributed by atoms with Gasteiger partial charge in [-0.15, -0.1) is 0 Å². The molecule has 1 aliphatic heterocycles. The second-order valence-corrected chi connectivity index (χ2v) is 10.5. The smallest absolute Gasteiger partial charge is 0.248 e. The fourth-order valence-electron chi connectivity index (χ4n) is 3.90. The van der Waals surface area contributed by atoms with Crippen LogP contribution in [0, 0.1) is 11.7 Å². The molecule has 0 bridgehead atoms. The van der Waals surface area contributed by atoms with E-state index in [1.807, 2.05) is 6.92 Å². The summed E-state index contributed by atoms with van der Waals surface area (Å²) in [6.45, 7) is 3.35. The van der Waals surface area contributed by atoms with Crippen LogP contribution in [0.2, 0.25) is 0 Å². The molecule has 0 aromatic heterocycles. The molecule has 34 heavy (non-hydrogen) atoms. The van der Waals surface area contributed by atoms with Gasteiger partial charge in [0.25, 0.3) is 0 Å². The number of halogens is 1. The van der Waals surface area contributed by atoms with Crippen LogP contribution in [0.5, 0.6) is 5.75 Å². The van der Waals surface area contributed by atoms with Gasteiger partial charge >= 0.3 is 0 Å². The number of methoxy groups -OCH3 is 1. The maximum Gasteiger partial charge on any atom is 0.248 e. The molecule has 1 amide bonds. The molecular weight excluding hydrogens is 463 g/mol. The molecule has 0 unspecified atom stereocenters. The van der Waals surface area contributed by atoms with Crippen LogP contribution in [0.4, 0.5) is 4.39 Å². The van der Waals surface area contributed by atoms with E-state index in [2.05, 4.69) is 0 Å². The number of hydrogen-bond acceptors (Lipinski definition) is 6. The number of likely N-dealkylation sites (N-methyl/N-ethyl adjacent to an activating group) is 1. The third kappa shape index (κ3) is 5.57. The molecule has 3 atom stereocenters. The van der Waals surface area contributed by atoms with E-state index in [4.69, 9.17) is 9.47 Å². The number of aliphatic hydroxyl groups is 1. The summed E-state index contributed by atoms with van der Waals surface area (Å²) in [6, 6.07) is 9.94. The van der Waals surface area contributed by atoms with E-state index < -0.39 is 28.0 Å². The third-order valence-electron chi connectivity index (χ3n) is 5.97.